The predicted octanol–water partition coefficient (Wildman–Crippen LogP) is 3.77. The molecule has 1 aromatic heterocycles. The molecule has 1 saturated heterocycles. The number of nitrogens with zero attached hydrogens (tertiary/aromatic N) is 6. The fraction of sp³-hybridized carbons (Fsp3) is 0.458. The third kappa shape index (κ3) is 5.74. The number of hydrogen-bond acceptors (Lipinski definition) is 5. The first-order valence-electron chi connectivity index (χ1n) is 11.1. The van der Waals surface area contributed by atoms with E-state index in [0.717, 1.165) is 50.5 Å². The molecule has 2 aromatic carbocycles. The van der Waals surface area contributed by atoms with E-state index in [0.29, 0.717) is 12.5 Å². The molecule has 0 amide bonds. The Labute approximate surface area is 183 Å². The summed E-state index contributed by atoms with van der Waals surface area (Å²) in [7, 11) is 0. The molecule has 7 heteroatoms. The average Bonchev–Trinajstić information content (AvgIpc) is 3.23. The third-order valence-corrected chi connectivity index (χ3v) is 5.89. The lowest BCUT2D eigenvalue weighted by atomic mass is 10.0. The van der Waals surface area contributed by atoms with Crippen LogP contribution in [0.2, 0.25) is 0 Å². The first-order valence-corrected chi connectivity index (χ1v) is 11.1. The molecule has 0 saturated carbocycles. The number of aromatic nitrogens is 4. The summed E-state index contributed by atoms with van der Waals surface area (Å²) in [6.07, 6.45) is 1.00. The molecule has 4 rings (SSSR count). The summed E-state index contributed by atoms with van der Waals surface area (Å²) in [5.74, 6) is 1.20. The van der Waals surface area contributed by atoms with E-state index in [-0.39, 0.29) is 11.9 Å². The van der Waals surface area contributed by atoms with Crippen LogP contribution < -0.4 is 0 Å². The number of benzene rings is 2. The quantitative estimate of drug-likeness (QED) is 0.553. The maximum absolute atomic E-state index is 13.3. The van der Waals surface area contributed by atoms with Crippen LogP contribution in [0.5, 0.6) is 0 Å². The van der Waals surface area contributed by atoms with Gasteiger partial charge in [-0.25, -0.2) is 9.07 Å². The van der Waals surface area contributed by atoms with Crippen molar-refractivity contribution >= 4 is 0 Å². The molecule has 6 nitrogen and oxygen atoms in total. The molecule has 0 radical (unpaired) electrons. The van der Waals surface area contributed by atoms with Gasteiger partial charge in [-0.05, 0) is 46.0 Å². The van der Waals surface area contributed by atoms with Crippen molar-refractivity contribution in [3.05, 3.63) is 77.4 Å². The van der Waals surface area contributed by atoms with E-state index in [1.807, 2.05) is 4.68 Å². The molecule has 164 valence electrons. The maximum Gasteiger partial charge on any atom is 0.168 e. The van der Waals surface area contributed by atoms with Crippen molar-refractivity contribution < 1.29 is 4.39 Å². The van der Waals surface area contributed by atoms with Crippen molar-refractivity contribution in [1.29, 1.82) is 0 Å². The van der Waals surface area contributed by atoms with Crippen LogP contribution in [0.15, 0.2) is 54.6 Å². The van der Waals surface area contributed by atoms with Crippen LogP contribution in [-0.2, 0) is 13.1 Å². The lowest BCUT2D eigenvalue weighted by Crippen LogP contribution is -2.48. The molecule has 1 unspecified atom stereocenters. The molecule has 1 fully saturated rings. The van der Waals surface area contributed by atoms with Gasteiger partial charge >= 0.3 is 0 Å². The minimum Gasteiger partial charge on any atom is -0.297 e. The van der Waals surface area contributed by atoms with Crippen LogP contribution in [0.3, 0.4) is 0 Å². The first kappa shape index (κ1) is 21.6. The highest BCUT2D eigenvalue weighted by atomic mass is 19.1. The monoisotopic (exact) mass is 422 g/mol. The van der Waals surface area contributed by atoms with Gasteiger partial charge in [0.25, 0.3) is 0 Å². The molecule has 2 heterocycles. The van der Waals surface area contributed by atoms with Crippen LogP contribution in [0, 0.1) is 11.7 Å². The zero-order chi connectivity index (χ0) is 21.6. The zero-order valence-electron chi connectivity index (χ0n) is 18.4. The van der Waals surface area contributed by atoms with E-state index < -0.39 is 0 Å². The second-order valence-electron chi connectivity index (χ2n) is 8.76. The van der Waals surface area contributed by atoms with Crippen molar-refractivity contribution in [2.45, 2.75) is 39.4 Å². The predicted molar refractivity (Wildman–Crippen MR) is 119 cm³/mol. The fourth-order valence-corrected chi connectivity index (χ4v) is 4.26. The van der Waals surface area contributed by atoms with Crippen LogP contribution in [-0.4, -0.2) is 56.2 Å². The van der Waals surface area contributed by atoms with Gasteiger partial charge in [-0.2, -0.15) is 0 Å². The Morgan fingerprint density at radius 1 is 0.871 bits per heavy atom. The highest BCUT2D eigenvalue weighted by Crippen LogP contribution is 2.28. The van der Waals surface area contributed by atoms with E-state index in [1.165, 1.54) is 17.7 Å². The molecule has 1 aliphatic heterocycles. The molecule has 31 heavy (non-hydrogen) atoms. The van der Waals surface area contributed by atoms with Crippen molar-refractivity contribution in [2.24, 2.45) is 5.92 Å². The molecule has 1 atom stereocenters. The normalized spacial score (nSPS) is 16.6. The molecule has 0 aliphatic carbocycles. The Bertz CT molecular complexity index is 932. The van der Waals surface area contributed by atoms with Crippen molar-refractivity contribution in [3.8, 4) is 0 Å². The van der Waals surface area contributed by atoms with Gasteiger partial charge in [-0.3, -0.25) is 9.80 Å². The first-order chi connectivity index (χ1) is 15.1. The lowest BCUT2D eigenvalue weighted by Gasteiger charge is -2.39. The fourth-order valence-electron chi connectivity index (χ4n) is 4.26. The van der Waals surface area contributed by atoms with Crippen molar-refractivity contribution in [3.63, 3.8) is 0 Å². The summed E-state index contributed by atoms with van der Waals surface area (Å²) in [4.78, 5) is 5.04. The standard InChI is InChI=1S/C24H31FN6/c1-19(2)16-23(24-26-27-28-31(24)18-21-8-10-22(25)11-9-21)30-14-12-29(13-15-30)17-20-6-4-3-5-7-20/h3-11,19,23H,12-18H2,1-2H3. The van der Waals surface area contributed by atoms with Gasteiger partial charge in [0.1, 0.15) is 5.82 Å². The second-order valence-corrected chi connectivity index (χ2v) is 8.76. The molecule has 1 aliphatic rings. The van der Waals surface area contributed by atoms with Crippen LogP contribution in [0.1, 0.15) is 43.3 Å². The van der Waals surface area contributed by atoms with Crippen LogP contribution >= 0.6 is 0 Å². The van der Waals surface area contributed by atoms with Crippen LogP contribution in [0.25, 0.3) is 0 Å². The van der Waals surface area contributed by atoms with E-state index in [4.69, 9.17) is 0 Å². The Hall–Kier alpha value is -2.64. The van der Waals surface area contributed by atoms with Crippen LogP contribution in [0.4, 0.5) is 4.39 Å². The zero-order valence-corrected chi connectivity index (χ0v) is 18.4. The number of tetrazole rings is 1. The number of halogens is 1. The number of rotatable bonds is 8. The minimum atomic E-state index is -0.230. The molecule has 0 bridgehead atoms. The topological polar surface area (TPSA) is 50.1 Å². The van der Waals surface area contributed by atoms with Gasteiger partial charge < -0.3 is 0 Å². The molecule has 0 spiro atoms. The average molecular weight is 423 g/mol. The number of piperazine rings is 1. The molecular weight excluding hydrogens is 391 g/mol. The summed E-state index contributed by atoms with van der Waals surface area (Å²) >= 11 is 0. The summed E-state index contributed by atoms with van der Waals surface area (Å²) in [5.41, 5.74) is 2.35. The van der Waals surface area contributed by atoms with E-state index in [2.05, 4.69) is 69.5 Å². The van der Waals surface area contributed by atoms with Gasteiger partial charge in [0, 0.05) is 32.7 Å². The van der Waals surface area contributed by atoms with E-state index in [1.54, 1.807) is 12.1 Å². The van der Waals surface area contributed by atoms with E-state index in [9.17, 15) is 4.39 Å². The molecular formula is C24H31FN6. The third-order valence-electron chi connectivity index (χ3n) is 5.89. The van der Waals surface area contributed by atoms with Gasteiger partial charge in [0.2, 0.25) is 0 Å². The van der Waals surface area contributed by atoms with Gasteiger partial charge in [0.05, 0.1) is 12.6 Å². The maximum atomic E-state index is 13.3. The minimum absolute atomic E-state index is 0.175. The Kier molecular flexibility index (Phi) is 7.04. The highest BCUT2D eigenvalue weighted by molar-refractivity contribution is 5.17. The van der Waals surface area contributed by atoms with Gasteiger partial charge in [-0.1, -0.05) is 56.3 Å². The highest BCUT2D eigenvalue weighted by Gasteiger charge is 2.29. The molecule has 3 aromatic rings. The SMILES string of the molecule is CC(C)CC(c1nnnn1Cc1ccc(F)cc1)N1CCN(Cc2ccccc2)CC1. The Morgan fingerprint density at radius 2 is 1.55 bits per heavy atom. The summed E-state index contributed by atoms with van der Waals surface area (Å²) in [5, 5.41) is 12.7. The van der Waals surface area contributed by atoms with E-state index >= 15 is 0 Å². The summed E-state index contributed by atoms with van der Waals surface area (Å²) < 4.78 is 15.1. The van der Waals surface area contributed by atoms with Crippen molar-refractivity contribution in [2.75, 3.05) is 26.2 Å². The smallest absolute Gasteiger partial charge is 0.168 e. The molecule has 0 N–H and O–H groups in total. The summed E-state index contributed by atoms with van der Waals surface area (Å²) in [6.45, 7) is 10.1. The number of hydrogen-bond donors (Lipinski definition) is 0. The van der Waals surface area contributed by atoms with Gasteiger partial charge in [-0.15, -0.1) is 5.10 Å². The van der Waals surface area contributed by atoms with Crippen molar-refractivity contribution in [1.82, 2.24) is 30.0 Å². The summed E-state index contributed by atoms with van der Waals surface area (Å²) in [6, 6.07) is 17.4. The second kappa shape index (κ2) is 10.1. The largest absolute Gasteiger partial charge is 0.297 e. The Morgan fingerprint density at radius 3 is 2.23 bits per heavy atom. The van der Waals surface area contributed by atoms with Gasteiger partial charge in [0.15, 0.2) is 5.82 Å². The lowest BCUT2D eigenvalue weighted by molar-refractivity contribution is 0.0770. The Balaban J connectivity index is 1.45.